The first-order valence-corrected chi connectivity index (χ1v) is 8.93. The molecular weight excluding hydrogens is 326 g/mol. The van der Waals surface area contributed by atoms with Crippen LogP contribution in [0.15, 0.2) is 18.2 Å². The summed E-state index contributed by atoms with van der Waals surface area (Å²) in [5.41, 5.74) is 0.734. The molecule has 1 saturated heterocycles. The van der Waals surface area contributed by atoms with Crippen LogP contribution < -0.4 is 5.32 Å². The van der Waals surface area contributed by atoms with Crippen LogP contribution in [0.1, 0.15) is 25.3 Å². The Bertz CT molecular complexity index is 650. The fraction of sp³-hybridized carbons (Fsp3) is 0.556. The largest absolute Gasteiger partial charge is 0.339 e. The highest BCUT2D eigenvalue weighted by molar-refractivity contribution is 6.31. The Morgan fingerprint density at radius 1 is 1.21 bits per heavy atom. The third kappa shape index (κ3) is 3.28. The Hall–Kier alpha value is -1.59. The van der Waals surface area contributed by atoms with Gasteiger partial charge in [0.25, 0.3) is 0 Å². The average Bonchev–Trinajstić information content (AvgIpc) is 3.39. The number of benzene rings is 1. The standard InChI is InChI=1S/C18H24ClN3O2/c1-3-21-8-10-22(11-9-21)17(24)18(6-7-18)16(23)20-14-5-4-13(2)15(19)12-14/h4-5,12H,3,6-11H2,1-2H3,(H,20,23). The van der Waals surface area contributed by atoms with E-state index in [1.807, 2.05) is 24.0 Å². The Labute approximate surface area is 147 Å². The summed E-state index contributed by atoms with van der Waals surface area (Å²) in [6.07, 6.45) is 1.26. The number of hydrogen-bond donors (Lipinski definition) is 1. The Balaban J connectivity index is 1.65. The lowest BCUT2D eigenvalue weighted by Crippen LogP contribution is -2.52. The maximum atomic E-state index is 12.9. The molecule has 0 spiro atoms. The van der Waals surface area contributed by atoms with Gasteiger partial charge in [-0.3, -0.25) is 9.59 Å². The van der Waals surface area contributed by atoms with Crippen molar-refractivity contribution < 1.29 is 9.59 Å². The van der Waals surface area contributed by atoms with Gasteiger partial charge in [-0.1, -0.05) is 24.6 Å². The molecule has 5 nitrogen and oxygen atoms in total. The molecule has 0 aromatic heterocycles. The highest BCUT2D eigenvalue weighted by Gasteiger charge is 2.58. The number of hydrogen-bond acceptors (Lipinski definition) is 3. The molecule has 0 atom stereocenters. The highest BCUT2D eigenvalue weighted by Crippen LogP contribution is 2.48. The first kappa shape index (κ1) is 17.2. The van der Waals surface area contributed by atoms with Crippen molar-refractivity contribution in [1.82, 2.24) is 9.80 Å². The normalized spacial score (nSPS) is 19.9. The van der Waals surface area contributed by atoms with Gasteiger partial charge in [0.1, 0.15) is 5.41 Å². The minimum absolute atomic E-state index is 0.0195. The molecule has 1 saturated carbocycles. The van der Waals surface area contributed by atoms with Gasteiger partial charge in [-0.2, -0.15) is 0 Å². The van der Waals surface area contributed by atoms with E-state index in [2.05, 4.69) is 17.1 Å². The van der Waals surface area contributed by atoms with Crippen LogP contribution in [-0.4, -0.2) is 54.3 Å². The molecule has 1 heterocycles. The first-order chi connectivity index (χ1) is 11.5. The summed E-state index contributed by atoms with van der Waals surface area (Å²) in [4.78, 5) is 29.7. The lowest BCUT2D eigenvalue weighted by Gasteiger charge is -2.35. The molecule has 2 amide bonds. The number of amides is 2. The molecule has 1 aliphatic carbocycles. The summed E-state index contributed by atoms with van der Waals surface area (Å²) in [5.74, 6) is -0.223. The zero-order valence-electron chi connectivity index (χ0n) is 14.3. The van der Waals surface area contributed by atoms with E-state index < -0.39 is 5.41 Å². The number of halogens is 1. The van der Waals surface area contributed by atoms with Crippen LogP contribution in [0.25, 0.3) is 0 Å². The molecule has 2 fully saturated rings. The first-order valence-electron chi connectivity index (χ1n) is 8.55. The fourth-order valence-electron chi connectivity index (χ4n) is 3.15. The number of nitrogens with zero attached hydrogens (tertiary/aromatic N) is 2. The third-order valence-corrected chi connectivity index (χ3v) is 5.54. The van der Waals surface area contributed by atoms with Crippen LogP contribution in [0, 0.1) is 12.3 Å². The van der Waals surface area contributed by atoms with Crippen molar-refractivity contribution in [2.75, 3.05) is 38.0 Å². The topological polar surface area (TPSA) is 52.7 Å². The quantitative estimate of drug-likeness (QED) is 0.850. The molecule has 1 aromatic rings. The van der Waals surface area contributed by atoms with E-state index in [1.54, 1.807) is 6.07 Å². The van der Waals surface area contributed by atoms with E-state index in [9.17, 15) is 9.59 Å². The van der Waals surface area contributed by atoms with Crippen molar-refractivity contribution >= 4 is 29.1 Å². The Morgan fingerprint density at radius 3 is 2.42 bits per heavy atom. The van der Waals surface area contributed by atoms with Crippen molar-refractivity contribution in [2.24, 2.45) is 5.41 Å². The molecule has 1 N–H and O–H groups in total. The van der Waals surface area contributed by atoms with Crippen LogP contribution in [0.3, 0.4) is 0 Å². The van der Waals surface area contributed by atoms with E-state index in [-0.39, 0.29) is 11.8 Å². The lowest BCUT2D eigenvalue weighted by molar-refractivity contribution is -0.143. The van der Waals surface area contributed by atoms with E-state index >= 15 is 0 Å². The number of rotatable bonds is 4. The second-order valence-corrected chi connectivity index (χ2v) is 7.13. The van der Waals surface area contributed by atoms with Crippen LogP contribution in [0.4, 0.5) is 5.69 Å². The van der Waals surface area contributed by atoms with Crippen molar-refractivity contribution in [3.63, 3.8) is 0 Å². The summed E-state index contributed by atoms with van der Waals surface area (Å²) in [6.45, 7) is 8.22. The van der Waals surface area contributed by atoms with E-state index in [4.69, 9.17) is 11.6 Å². The minimum atomic E-state index is -0.869. The lowest BCUT2D eigenvalue weighted by atomic mass is 10.0. The summed E-state index contributed by atoms with van der Waals surface area (Å²) >= 11 is 6.11. The summed E-state index contributed by atoms with van der Waals surface area (Å²) in [6, 6.07) is 5.42. The molecule has 3 rings (SSSR count). The van der Waals surface area contributed by atoms with Gasteiger partial charge >= 0.3 is 0 Å². The average molecular weight is 350 g/mol. The van der Waals surface area contributed by atoms with Gasteiger partial charge in [-0.15, -0.1) is 0 Å². The van der Waals surface area contributed by atoms with E-state index in [1.165, 1.54) is 0 Å². The van der Waals surface area contributed by atoms with Crippen molar-refractivity contribution in [3.8, 4) is 0 Å². The van der Waals surface area contributed by atoms with Crippen LogP contribution in [0.5, 0.6) is 0 Å². The van der Waals surface area contributed by atoms with Gasteiger partial charge in [0, 0.05) is 36.9 Å². The molecule has 2 aliphatic rings. The van der Waals surface area contributed by atoms with Gasteiger partial charge in [0.15, 0.2) is 0 Å². The van der Waals surface area contributed by atoms with Crippen LogP contribution >= 0.6 is 11.6 Å². The molecule has 24 heavy (non-hydrogen) atoms. The summed E-state index contributed by atoms with van der Waals surface area (Å²) in [5, 5.41) is 3.48. The highest BCUT2D eigenvalue weighted by atomic mass is 35.5. The monoisotopic (exact) mass is 349 g/mol. The smallest absolute Gasteiger partial charge is 0.240 e. The van der Waals surface area contributed by atoms with Crippen LogP contribution in [0.2, 0.25) is 5.02 Å². The molecule has 130 valence electrons. The zero-order chi connectivity index (χ0) is 17.3. The third-order valence-electron chi connectivity index (χ3n) is 5.13. The predicted molar refractivity (Wildman–Crippen MR) is 95.2 cm³/mol. The number of carbonyl (C=O) groups excluding carboxylic acids is 2. The predicted octanol–water partition coefficient (Wildman–Crippen LogP) is 2.53. The van der Waals surface area contributed by atoms with E-state index in [0.29, 0.717) is 36.6 Å². The van der Waals surface area contributed by atoms with Crippen molar-refractivity contribution in [1.29, 1.82) is 0 Å². The molecule has 0 radical (unpaired) electrons. The Kier molecular flexibility index (Phi) is 4.83. The molecular formula is C18H24ClN3O2. The number of likely N-dealkylation sites (N-methyl/N-ethyl adjacent to an activating group) is 1. The summed E-state index contributed by atoms with van der Waals surface area (Å²) < 4.78 is 0. The zero-order valence-corrected chi connectivity index (χ0v) is 15.0. The van der Waals surface area contributed by atoms with Gasteiger partial charge in [0.05, 0.1) is 0 Å². The molecule has 1 aliphatic heterocycles. The Morgan fingerprint density at radius 2 is 1.88 bits per heavy atom. The fourth-order valence-corrected chi connectivity index (χ4v) is 3.33. The van der Waals surface area contributed by atoms with Gasteiger partial charge in [0.2, 0.25) is 11.8 Å². The SMILES string of the molecule is CCN1CCN(C(=O)C2(C(=O)Nc3ccc(C)c(Cl)c3)CC2)CC1. The van der Waals surface area contributed by atoms with E-state index in [0.717, 1.165) is 25.2 Å². The molecule has 0 unspecified atom stereocenters. The number of nitrogens with one attached hydrogen (secondary N) is 1. The van der Waals surface area contributed by atoms with Gasteiger partial charge < -0.3 is 15.1 Å². The number of piperazine rings is 1. The number of carbonyl (C=O) groups is 2. The summed E-state index contributed by atoms with van der Waals surface area (Å²) in [7, 11) is 0. The molecule has 0 bridgehead atoms. The maximum absolute atomic E-state index is 12.9. The minimum Gasteiger partial charge on any atom is -0.339 e. The van der Waals surface area contributed by atoms with Gasteiger partial charge in [-0.25, -0.2) is 0 Å². The van der Waals surface area contributed by atoms with Crippen LogP contribution in [-0.2, 0) is 9.59 Å². The second-order valence-electron chi connectivity index (χ2n) is 6.73. The van der Waals surface area contributed by atoms with Crippen molar-refractivity contribution in [3.05, 3.63) is 28.8 Å². The van der Waals surface area contributed by atoms with Gasteiger partial charge in [-0.05, 0) is 44.0 Å². The molecule has 1 aromatic carbocycles. The number of anilines is 1. The van der Waals surface area contributed by atoms with Crippen molar-refractivity contribution in [2.45, 2.75) is 26.7 Å². The molecule has 6 heteroatoms. The number of aryl methyl sites for hydroxylation is 1. The second kappa shape index (κ2) is 6.73. The maximum Gasteiger partial charge on any atom is 0.240 e.